The van der Waals surface area contributed by atoms with Gasteiger partial charge in [0, 0.05) is 80.6 Å². The lowest BCUT2D eigenvalue weighted by atomic mass is 9.76. The van der Waals surface area contributed by atoms with Gasteiger partial charge in [-0.15, -0.1) is 0 Å². The normalized spacial score (nSPS) is 16.3. The Balaban J connectivity index is 0.000000159. The van der Waals surface area contributed by atoms with Gasteiger partial charge in [0.2, 0.25) is 0 Å². The fourth-order valence-electron chi connectivity index (χ4n) is 7.07. The second-order valence-electron chi connectivity index (χ2n) is 18.4. The monoisotopic (exact) mass is 1100 g/mol. The zero-order valence-corrected chi connectivity index (χ0v) is 45.9. The average Bonchev–Trinajstić information content (AvgIpc) is 4.15. The summed E-state index contributed by atoms with van der Waals surface area (Å²) in [4.78, 5) is 0. The molecule has 2 aliphatic rings. The lowest BCUT2D eigenvalue weighted by Crippen LogP contribution is -2.41. The molecule has 0 radical (unpaired) electrons. The van der Waals surface area contributed by atoms with Crippen molar-refractivity contribution in [2.75, 3.05) is 0 Å². The van der Waals surface area contributed by atoms with Gasteiger partial charge in [-0.3, -0.25) is 0 Å². The van der Waals surface area contributed by atoms with Gasteiger partial charge in [-0.2, -0.15) is 0 Å². The Hall–Kier alpha value is -3.59. The molecule has 9 nitrogen and oxygen atoms in total. The maximum absolute atomic E-state index is 6.18. The molecule has 4 aromatic heterocycles. The highest BCUT2D eigenvalue weighted by Gasteiger charge is 2.54. The van der Waals surface area contributed by atoms with E-state index in [-0.39, 0.29) is 35.6 Å². The topological polar surface area (TPSA) is 98.7 Å². The number of fused-ring (bicyclic) bond motifs is 4. The van der Waals surface area contributed by atoms with Crippen molar-refractivity contribution in [2.24, 2.45) is 0 Å². The molecule has 14 heteroatoms. The molecule has 2 aliphatic heterocycles. The number of aryl methyl sites for hydroxylation is 3. The molecule has 0 amide bonds. The van der Waals surface area contributed by atoms with E-state index in [1.54, 1.807) is 6.26 Å². The van der Waals surface area contributed by atoms with Gasteiger partial charge in [0.05, 0.1) is 33.1 Å². The first-order valence-corrected chi connectivity index (χ1v) is 27.4. The first kappa shape index (κ1) is 54.4. The minimum absolute atomic E-state index is 0.120. The molecule has 0 atom stereocenters. The average molecular weight is 1110 g/mol. The second-order valence-corrected chi connectivity index (χ2v) is 19.2. The van der Waals surface area contributed by atoms with E-state index in [2.05, 4.69) is 117 Å². The fourth-order valence-corrected chi connectivity index (χ4v) is 7.76. The summed E-state index contributed by atoms with van der Waals surface area (Å²) in [5, 5.41) is 4.61. The summed E-state index contributed by atoms with van der Waals surface area (Å²) >= 11 is 9.02. The lowest BCUT2D eigenvalue weighted by molar-refractivity contribution is 0.00578. The zero-order valence-electron chi connectivity index (χ0n) is 41.1. The fraction of sp³-hybridized carbons (Fsp3) is 0.396. The van der Waals surface area contributed by atoms with E-state index in [1.807, 2.05) is 126 Å². The largest absolute Gasteiger partial charge is 0.640 e. The minimum atomic E-state index is -0.523. The number of rotatable bonds is 6. The summed E-state index contributed by atoms with van der Waals surface area (Å²) in [7, 11) is -0.886. The third-order valence-corrected chi connectivity index (χ3v) is 13.1. The minimum Gasteiger partial charge on any atom is -0.464 e. The maximum Gasteiger partial charge on any atom is 0.640 e. The van der Waals surface area contributed by atoms with Crippen LogP contribution in [-0.4, -0.2) is 42.9 Å². The van der Waals surface area contributed by atoms with Crippen LogP contribution in [0.5, 0.6) is 0 Å². The molecule has 0 aliphatic carbocycles. The Morgan fingerprint density at radius 2 is 0.985 bits per heavy atom. The molecule has 2 fully saturated rings. The molecular formula is C53H65B2Br3O9. The Kier molecular flexibility index (Phi) is 19.3. The van der Waals surface area contributed by atoms with Crippen LogP contribution >= 0.6 is 44.2 Å². The predicted octanol–water partition coefficient (Wildman–Crippen LogP) is 16.2. The van der Waals surface area contributed by atoms with Crippen molar-refractivity contribution >= 4 is 108 Å². The number of halogens is 3. The van der Waals surface area contributed by atoms with Gasteiger partial charge >= 0.3 is 14.4 Å². The van der Waals surface area contributed by atoms with Crippen LogP contribution in [-0.2, 0) is 42.5 Å². The standard InChI is InChI=1S/C16H21BO3.C10H9BrO.C10H10O.C9H19BO3.C8H6O.Br2/c1-6-12-14(11-9-7-8-10-13(11)18-12)17-19-15(2,3)16(4,5)20-17;1-2-8-10(11)7-5-3-4-6-9(7)12-8;1-2-9-7-8-5-3-4-6-10(8)11-9;1-7(2)11-10-12-8(3,4)9(5,6)13-10;1-2-4-8-7(3-1)5-6-9-8;1-2/h7-10H,6H2,1-5H3;3-6H,2H2,1H3;3-7H,2H2,1H3;7H,1-6H3;1-6H;. The molecule has 0 spiro atoms. The molecule has 10 rings (SSSR count). The first-order valence-electron chi connectivity index (χ1n) is 22.9. The van der Waals surface area contributed by atoms with Crippen LogP contribution in [0, 0.1) is 0 Å². The van der Waals surface area contributed by atoms with Crippen molar-refractivity contribution < 1.29 is 40.9 Å². The van der Waals surface area contributed by atoms with Crippen LogP contribution in [0.25, 0.3) is 43.9 Å². The molecule has 0 N–H and O–H groups in total. The van der Waals surface area contributed by atoms with E-state index in [0.29, 0.717) is 0 Å². The maximum atomic E-state index is 6.18. The quantitative estimate of drug-likeness (QED) is 0.151. The van der Waals surface area contributed by atoms with E-state index < -0.39 is 7.32 Å². The van der Waals surface area contributed by atoms with E-state index in [4.69, 9.17) is 40.9 Å². The summed E-state index contributed by atoms with van der Waals surface area (Å²) in [5.41, 5.74) is 3.58. The molecule has 0 unspecified atom stereocenters. The van der Waals surface area contributed by atoms with Crippen LogP contribution in [0.1, 0.15) is 107 Å². The predicted molar refractivity (Wildman–Crippen MR) is 287 cm³/mol. The van der Waals surface area contributed by atoms with Gasteiger partial charge in [-0.05, 0) is 128 Å². The highest BCUT2D eigenvalue weighted by molar-refractivity contribution is 9.93. The molecule has 0 bridgehead atoms. The summed E-state index contributed by atoms with van der Waals surface area (Å²) < 4.78 is 52.3. The van der Waals surface area contributed by atoms with Crippen molar-refractivity contribution in [3.63, 3.8) is 0 Å². The Bertz CT molecular complexity index is 2670. The van der Waals surface area contributed by atoms with Crippen LogP contribution in [0.15, 0.2) is 138 Å². The molecule has 4 aromatic carbocycles. The summed E-state index contributed by atoms with van der Waals surface area (Å²) in [6.45, 7) is 26.5. The smallest absolute Gasteiger partial charge is 0.464 e. The van der Waals surface area contributed by atoms with Gasteiger partial charge in [-0.1, -0.05) is 87.5 Å². The Labute approximate surface area is 421 Å². The highest BCUT2D eigenvalue weighted by atomic mass is 80.9. The molecular weight excluding hydrogens is 1040 g/mol. The van der Waals surface area contributed by atoms with Gasteiger partial charge in [-0.25, -0.2) is 0 Å². The molecule has 6 heterocycles. The van der Waals surface area contributed by atoms with Crippen molar-refractivity contribution in [1.82, 2.24) is 0 Å². The molecule has 2 saturated heterocycles. The Morgan fingerprint density at radius 1 is 0.522 bits per heavy atom. The van der Waals surface area contributed by atoms with Gasteiger partial charge in [0.15, 0.2) is 0 Å². The van der Waals surface area contributed by atoms with E-state index >= 15 is 0 Å². The lowest BCUT2D eigenvalue weighted by Gasteiger charge is -2.32. The summed E-state index contributed by atoms with van der Waals surface area (Å²) in [6, 6.07) is 36.2. The van der Waals surface area contributed by atoms with Crippen LogP contribution in [0.2, 0.25) is 0 Å². The van der Waals surface area contributed by atoms with Crippen LogP contribution in [0.3, 0.4) is 0 Å². The van der Waals surface area contributed by atoms with Gasteiger partial charge in [0.1, 0.15) is 39.6 Å². The van der Waals surface area contributed by atoms with E-state index in [1.165, 1.54) is 5.39 Å². The van der Waals surface area contributed by atoms with Crippen LogP contribution < -0.4 is 5.46 Å². The molecule has 358 valence electrons. The van der Waals surface area contributed by atoms with Crippen LogP contribution in [0.4, 0.5) is 0 Å². The van der Waals surface area contributed by atoms with Crippen molar-refractivity contribution in [3.8, 4) is 0 Å². The van der Waals surface area contributed by atoms with Crippen molar-refractivity contribution in [2.45, 2.75) is 138 Å². The summed E-state index contributed by atoms with van der Waals surface area (Å²) in [5.74, 6) is 3.03. The summed E-state index contributed by atoms with van der Waals surface area (Å²) in [6.07, 6.45) is 4.54. The zero-order chi connectivity index (χ0) is 49.2. The van der Waals surface area contributed by atoms with Gasteiger partial charge in [0.25, 0.3) is 0 Å². The first-order chi connectivity index (χ1) is 31.8. The van der Waals surface area contributed by atoms with Crippen molar-refractivity contribution in [3.05, 3.63) is 137 Å². The second kappa shape index (κ2) is 23.8. The highest BCUT2D eigenvalue weighted by Crippen LogP contribution is 2.39. The number of benzene rings is 4. The SMILES string of the molecule is BrBr.CC(C)OB1OC(C)(C)C(C)(C)O1.CCc1cc2ccccc2o1.CCc1oc2ccccc2c1B1OC(C)(C)C(C)(C)O1.CCc1oc2ccccc2c1Br.c1ccc2occc2c1. The third kappa shape index (κ3) is 13.4. The van der Waals surface area contributed by atoms with E-state index in [0.717, 1.165) is 85.0 Å². The number of hydrogen-bond acceptors (Lipinski definition) is 9. The van der Waals surface area contributed by atoms with Gasteiger partial charge < -0.3 is 40.9 Å². The molecule has 0 saturated carbocycles. The third-order valence-electron chi connectivity index (χ3n) is 12.2. The number of furan rings is 4. The van der Waals surface area contributed by atoms with Crippen molar-refractivity contribution in [1.29, 1.82) is 0 Å². The van der Waals surface area contributed by atoms with E-state index in [9.17, 15) is 0 Å². The number of hydrogen-bond donors (Lipinski definition) is 0. The Morgan fingerprint density at radius 3 is 1.49 bits per heavy atom. The molecule has 8 aromatic rings. The molecule has 67 heavy (non-hydrogen) atoms. The number of para-hydroxylation sites is 4.